The second-order valence-electron chi connectivity index (χ2n) is 2.34. The quantitative estimate of drug-likeness (QED) is 0.533. The fourth-order valence-corrected chi connectivity index (χ4v) is 1.04. The van der Waals surface area contributed by atoms with E-state index >= 15 is 0 Å². The first-order chi connectivity index (χ1) is 5.36. The van der Waals surface area contributed by atoms with E-state index in [1.807, 2.05) is 6.07 Å². The Labute approximate surface area is 64.3 Å². The molecule has 2 rings (SSSR count). The largest absolute Gasteiger partial charge is 0.206 e. The van der Waals surface area contributed by atoms with Crippen LogP contribution in [0.2, 0.25) is 0 Å². The highest BCUT2D eigenvalue weighted by atomic mass is 19.1. The number of halogens is 1. The Morgan fingerprint density at radius 1 is 1.18 bits per heavy atom. The molecule has 2 radical (unpaired) electrons. The van der Waals surface area contributed by atoms with Crippen molar-refractivity contribution >= 4 is 10.8 Å². The summed E-state index contributed by atoms with van der Waals surface area (Å²) in [5.74, 6) is -0.322. The maximum absolute atomic E-state index is 12.6. The van der Waals surface area contributed by atoms with Crippen molar-refractivity contribution in [1.82, 2.24) is 0 Å². The van der Waals surface area contributed by atoms with Crippen molar-refractivity contribution in [2.45, 2.75) is 0 Å². The smallest absolute Gasteiger partial charge is 0.131 e. The zero-order valence-electron chi connectivity index (χ0n) is 5.76. The first-order valence-electron chi connectivity index (χ1n) is 3.33. The van der Waals surface area contributed by atoms with Gasteiger partial charge in [-0.1, -0.05) is 12.1 Å². The molecule has 0 spiro atoms. The van der Waals surface area contributed by atoms with Crippen LogP contribution in [0.15, 0.2) is 30.3 Å². The molecule has 0 N–H and O–H groups in total. The molecule has 0 amide bonds. The SMILES string of the molecule is Fc1[c]cc2cc[c]cc2c1. The molecule has 1 heteroatoms. The summed E-state index contributed by atoms with van der Waals surface area (Å²) in [5.41, 5.74) is 0. The molecule has 0 unspecified atom stereocenters. The van der Waals surface area contributed by atoms with Crippen molar-refractivity contribution in [2.24, 2.45) is 0 Å². The minimum atomic E-state index is -0.322. The van der Waals surface area contributed by atoms with E-state index in [1.165, 1.54) is 6.07 Å². The molecule has 0 bridgehead atoms. The monoisotopic (exact) mass is 144 g/mol. The van der Waals surface area contributed by atoms with E-state index in [0.717, 1.165) is 10.8 Å². The third kappa shape index (κ3) is 1.09. The van der Waals surface area contributed by atoms with Crippen LogP contribution in [0, 0.1) is 17.9 Å². The van der Waals surface area contributed by atoms with Crippen LogP contribution >= 0.6 is 0 Å². The minimum absolute atomic E-state index is 0.322. The summed E-state index contributed by atoms with van der Waals surface area (Å²) in [5, 5.41) is 1.86. The highest BCUT2D eigenvalue weighted by molar-refractivity contribution is 5.81. The Morgan fingerprint density at radius 3 is 3.00 bits per heavy atom. The number of hydrogen-bond donors (Lipinski definition) is 0. The van der Waals surface area contributed by atoms with Gasteiger partial charge in [0.1, 0.15) is 5.82 Å². The van der Waals surface area contributed by atoms with Crippen LogP contribution in [0.25, 0.3) is 10.8 Å². The first-order valence-corrected chi connectivity index (χ1v) is 3.33. The van der Waals surface area contributed by atoms with E-state index in [4.69, 9.17) is 0 Å². The minimum Gasteiger partial charge on any atom is -0.206 e. The lowest BCUT2D eigenvalue weighted by Gasteiger charge is -1.94. The summed E-state index contributed by atoms with van der Waals surface area (Å²) in [7, 11) is 0. The Balaban J connectivity index is 2.83. The zero-order valence-corrected chi connectivity index (χ0v) is 5.76. The molecule has 0 aliphatic heterocycles. The molecule has 0 saturated carbocycles. The summed E-state index contributed by atoms with van der Waals surface area (Å²) >= 11 is 0. The van der Waals surface area contributed by atoms with Gasteiger partial charge in [-0.05, 0) is 35.0 Å². The van der Waals surface area contributed by atoms with Crippen LogP contribution in [-0.2, 0) is 0 Å². The third-order valence-electron chi connectivity index (χ3n) is 1.58. The average Bonchev–Trinajstić information content (AvgIpc) is 2.04. The maximum Gasteiger partial charge on any atom is 0.131 e. The van der Waals surface area contributed by atoms with Gasteiger partial charge in [0.15, 0.2) is 0 Å². The van der Waals surface area contributed by atoms with Gasteiger partial charge in [-0.2, -0.15) is 0 Å². The van der Waals surface area contributed by atoms with Gasteiger partial charge in [-0.25, -0.2) is 4.39 Å². The highest BCUT2D eigenvalue weighted by Crippen LogP contribution is 2.13. The standard InChI is InChI=1S/C10H5F/c11-10-6-5-8-3-1-2-4-9(8)7-10/h1,3-5,7H. The zero-order chi connectivity index (χ0) is 7.68. The van der Waals surface area contributed by atoms with Gasteiger partial charge < -0.3 is 0 Å². The van der Waals surface area contributed by atoms with Crippen LogP contribution in [0.4, 0.5) is 4.39 Å². The van der Waals surface area contributed by atoms with Gasteiger partial charge in [-0.3, -0.25) is 0 Å². The molecular weight excluding hydrogens is 139 g/mol. The van der Waals surface area contributed by atoms with E-state index in [1.54, 1.807) is 18.2 Å². The third-order valence-corrected chi connectivity index (χ3v) is 1.58. The lowest BCUT2D eigenvalue weighted by molar-refractivity contribution is 0.627. The molecule has 11 heavy (non-hydrogen) atoms. The summed E-state index contributed by atoms with van der Waals surface area (Å²) in [6.45, 7) is 0. The predicted octanol–water partition coefficient (Wildman–Crippen LogP) is 2.58. The molecule has 0 aliphatic carbocycles. The van der Waals surface area contributed by atoms with Crippen LogP contribution in [0.5, 0.6) is 0 Å². The van der Waals surface area contributed by atoms with Crippen LogP contribution in [0.3, 0.4) is 0 Å². The lowest BCUT2D eigenvalue weighted by Crippen LogP contribution is -1.74. The van der Waals surface area contributed by atoms with Crippen molar-refractivity contribution in [2.75, 3.05) is 0 Å². The Bertz CT molecular complexity index is 379. The fourth-order valence-electron chi connectivity index (χ4n) is 1.04. The van der Waals surface area contributed by atoms with E-state index in [0.29, 0.717) is 0 Å². The van der Waals surface area contributed by atoms with Crippen LogP contribution in [-0.4, -0.2) is 0 Å². The molecule has 0 heterocycles. The predicted molar refractivity (Wildman–Crippen MR) is 41.6 cm³/mol. The summed E-state index contributed by atoms with van der Waals surface area (Å²) in [6, 6.07) is 13.9. The van der Waals surface area contributed by atoms with Crippen LogP contribution in [0.1, 0.15) is 0 Å². The Morgan fingerprint density at radius 2 is 2.09 bits per heavy atom. The number of benzene rings is 2. The molecule has 0 nitrogen and oxygen atoms in total. The fraction of sp³-hybridized carbons (Fsp3) is 0. The molecule has 0 aliphatic rings. The Hall–Kier alpha value is -1.37. The highest BCUT2D eigenvalue weighted by Gasteiger charge is 1.92. The van der Waals surface area contributed by atoms with Gasteiger partial charge in [0.25, 0.3) is 0 Å². The van der Waals surface area contributed by atoms with Crippen molar-refractivity contribution in [3.8, 4) is 0 Å². The van der Waals surface area contributed by atoms with Gasteiger partial charge >= 0.3 is 0 Å². The van der Waals surface area contributed by atoms with Gasteiger partial charge in [0, 0.05) is 6.07 Å². The average molecular weight is 144 g/mol. The molecule has 0 saturated heterocycles. The molecule has 2 aromatic carbocycles. The van der Waals surface area contributed by atoms with Crippen molar-refractivity contribution in [3.05, 3.63) is 48.3 Å². The summed E-state index contributed by atoms with van der Waals surface area (Å²) in [6.07, 6.45) is 0. The molecule has 0 atom stereocenters. The number of hydrogen-bond acceptors (Lipinski definition) is 0. The topological polar surface area (TPSA) is 0 Å². The molecule has 2 aromatic rings. The second-order valence-corrected chi connectivity index (χ2v) is 2.34. The molecule has 0 aromatic heterocycles. The number of fused-ring (bicyclic) bond motifs is 1. The molecular formula is C10H5F. The summed E-state index contributed by atoms with van der Waals surface area (Å²) in [4.78, 5) is 0. The van der Waals surface area contributed by atoms with Gasteiger partial charge in [-0.15, -0.1) is 0 Å². The van der Waals surface area contributed by atoms with E-state index in [9.17, 15) is 4.39 Å². The van der Waals surface area contributed by atoms with Crippen molar-refractivity contribution in [1.29, 1.82) is 0 Å². The van der Waals surface area contributed by atoms with Gasteiger partial charge in [0.2, 0.25) is 0 Å². The molecule has 52 valence electrons. The number of rotatable bonds is 0. The van der Waals surface area contributed by atoms with E-state index < -0.39 is 0 Å². The van der Waals surface area contributed by atoms with Crippen molar-refractivity contribution in [3.63, 3.8) is 0 Å². The lowest BCUT2D eigenvalue weighted by atomic mass is 10.1. The normalized spacial score (nSPS) is 10.3. The maximum atomic E-state index is 12.6. The summed E-state index contributed by atoms with van der Waals surface area (Å²) < 4.78 is 12.6. The first kappa shape index (κ1) is 6.35. The Kier molecular flexibility index (Phi) is 1.35. The van der Waals surface area contributed by atoms with Crippen LogP contribution < -0.4 is 0 Å². The van der Waals surface area contributed by atoms with Crippen molar-refractivity contribution < 1.29 is 4.39 Å². The second kappa shape index (κ2) is 2.35. The van der Waals surface area contributed by atoms with E-state index in [-0.39, 0.29) is 5.82 Å². The van der Waals surface area contributed by atoms with Gasteiger partial charge in [0.05, 0.1) is 0 Å². The van der Waals surface area contributed by atoms with E-state index in [2.05, 4.69) is 12.1 Å². The molecule has 0 fully saturated rings.